The molecule has 0 N–H and O–H groups in total. The van der Waals surface area contributed by atoms with Crippen LogP contribution in [0.1, 0.15) is 17.0 Å². The molecule has 2 aromatic carbocycles. The van der Waals surface area contributed by atoms with Crippen molar-refractivity contribution in [3.05, 3.63) is 82.1 Å². The summed E-state index contributed by atoms with van der Waals surface area (Å²) in [5.41, 5.74) is 2.04. The maximum atomic E-state index is 6.27. The van der Waals surface area contributed by atoms with Gasteiger partial charge in [0.2, 0.25) is 0 Å². The van der Waals surface area contributed by atoms with Crippen molar-refractivity contribution in [2.24, 2.45) is 0 Å². The van der Waals surface area contributed by atoms with Crippen molar-refractivity contribution in [3.8, 4) is 5.75 Å². The van der Waals surface area contributed by atoms with E-state index in [2.05, 4.69) is 21.3 Å². The van der Waals surface area contributed by atoms with Crippen LogP contribution in [0.3, 0.4) is 0 Å². The molecule has 0 spiro atoms. The van der Waals surface area contributed by atoms with Crippen molar-refractivity contribution in [1.82, 2.24) is 14.8 Å². The quantitative estimate of drug-likeness (QED) is 0.348. The standard InChI is InChI=1S/C20H19Cl2N3OS/c1-3-11-25-19(12-14-7-9-15(26-2)10-8-14)23-24-20(25)27-13-16-17(21)5-4-6-18(16)22/h3-10H,1,11-13H2,2H3. The second kappa shape index (κ2) is 9.31. The largest absolute Gasteiger partial charge is 0.497 e. The summed E-state index contributed by atoms with van der Waals surface area (Å²) >= 11 is 14.1. The molecule has 0 atom stereocenters. The lowest BCUT2D eigenvalue weighted by Gasteiger charge is -2.09. The average molecular weight is 420 g/mol. The van der Waals surface area contributed by atoms with Crippen molar-refractivity contribution >= 4 is 35.0 Å². The van der Waals surface area contributed by atoms with Gasteiger partial charge in [0.15, 0.2) is 5.16 Å². The van der Waals surface area contributed by atoms with E-state index in [0.717, 1.165) is 27.9 Å². The van der Waals surface area contributed by atoms with E-state index in [-0.39, 0.29) is 0 Å². The SMILES string of the molecule is C=CCn1c(Cc2ccc(OC)cc2)nnc1SCc1c(Cl)cccc1Cl. The molecule has 0 aliphatic rings. The minimum absolute atomic E-state index is 0.621. The molecule has 7 heteroatoms. The van der Waals surface area contributed by atoms with Crippen LogP contribution in [0.2, 0.25) is 10.0 Å². The first-order valence-electron chi connectivity index (χ1n) is 8.34. The number of thioether (sulfide) groups is 1. The maximum Gasteiger partial charge on any atom is 0.191 e. The zero-order valence-electron chi connectivity index (χ0n) is 14.9. The van der Waals surface area contributed by atoms with Gasteiger partial charge < -0.3 is 9.30 Å². The number of hydrogen-bond donors (Lipinski definition) is 0. The number of rotatable bonds is 8. The highest BCUT2D eigenvalue weighted by Gasteiger charge is 2.14. The number of hydrogen-bond acceptors (Lipinski definition) is 4. The summed E-state index contributed by atoms with van der Waals surface area (Å²) in [7, 11) is 1.66. The van der Waals surface area contributed by atoms with Crippen molar-refractivity contribution in [3.63, 3.8) is 0 Å². The zero-order valence-corrected chi connectivity index (χ0v) is 17.2. The van der Waals surface area contributed by atoms with Crippen LogP contribution in [0, 0.1) is 0 Å². The summed E-state index contributed by atoms with van der Waals surface area (Å²) in [6, 6.07) is 13.5. The number of halogens is 2. The Morgan fingerprint density at radius 1 is 1.11 bits per heavy atom. The van der Waals surface area contributed by atoms with Crippen molar-refractivity contribution in [1.29, 1.82) is 0 Å². The first kappa shape index (κ1) is 19.8. The predicted octanol–water partition coefficient (Wildman–Crippen LogP) is 5.66. The van der Waals surface area contributed by atoms with Gasteiger partial charge >= 0.3 is 0 Å². The number of allylic oxidation sites excluding steroid dienone is 1. The van der Waals surface area contributed by atoms with Crippen LogP contribution in [0.15, 0.2) is 60.3 Å². The number of ether oxygens (including phenoxy) is 1. The van der Waals surface area contributed by atoms with Gasteiger partial charge in [-0.15, -0.1) is 16.8 Å². The van der Waals surface area contributed by atoms with E-state index >= 15 is 0 Å². The molecule has 3 aromatic rings. The Bertz CT molecular complexity index is 905. The molecule has 0 bridgehead atoms. The van der Waals surface area contributed by atoms with Gasteiger partial charge in [-0.1, -0.05) is 59.2 Å². The van der Waals surface area contributed by atoms with Crippen molar-refractivity contribution < 1.29 is 4.74 Å². The van der Waals surface area contributed by atoms with Gasteiger partial charge in [-0.3, -0.25) is 0 Å². The average Bonchev–Trinajstić information content (AvgIpc) is 3.04. The van der Waals surface area contributed by atoms with E-state index in [1.807, 2.05) is 48.5 Å². The van der Waals surface area contributed by atoms with E-state index in [9.17, 15) is 0 Å². The minimum Gasteiger partial charge on any atom is -0.497 e. The van der Waals surface area contributed by atoms with E-state index in [1.54, 1.807) is 18.9 Å². The molecule has 0 aliphatic carbocycles. The summed E-state index contributed by atoms with van der Waals surface area (Å²) in [4.78, 5) is 0. The van der Waals surface area contributed by atoms with Crippen LogP contribution < -0.4 is 4.74 Å². The van der Waals surface area contributed by atoms with E-state index < -0.39 is 0 Å². The molecule has 1 heterocycles. The van der Waals surface area contributed by atoms with Gasteiger partial charge in [0.05, 0.1) is 7.11 Å². The smallest absolute Gasteiger partial charge is 0.191 e. The van der Waals surface area contributed by atoms with Gasteiger partial charge in [0.1, 0.15) is 11.6 Å². The molecular weight excluding hydrogens is 401 g/mol. The van der Waals surface area contributed by atoms with Crippen LogP contribution in [-0.4, -0.2) is 21.9 Å². The monoisotopic (exact) mass is 419 g/mol. The van der Waals surface area contributed by atoms with Crippen molar-refractivity contribution in [2.45, 2.75) is 23.9 Å². The second-order valence-corrected chi connectivity index (χ2v) is 7.57. The third-order valence-electron chi connectivity index (χ3n) is 4.03. The summed E-state index contributed by atoms with van der Waals surface area (Å²) in [5, 5.41) is 10.9. The molecule has 0 unspecified atom stereocenters. The number of aromatic nitrogens is 3. The van der Waals surface area contributed by atoms with Gasteiger partial charge in [-0.25, -0.2) is 0 Å². The summed E-state index contributed by atoms with van der Waals surface area (Å²) in [5.74, 6) is 2.34. The van der Waals surface area contributed by atoms with E-state index in [4.69, 9.17) is 27.9 Å². The first-order chi connectivity index (χ1) is 13.1. The molecule has 140 valence electrons. The topological polar surface area (TPSA) is 39.9 Å². The highest BCUT2D eigenvalue weighted by Crippen LogP contribution is 2.31. The summed E-state index contributed by atoms with van der Waals surface area (Å²) < 4.78 is 7.27. The molecule has 3 rings (SSSR count). The Morgan fingerprint density at radius 2 is 1.81 bits per heavy atom. The molecule has 27 heavy (non-hydrogen) atoms. The third-order valence-corrected chi connectivity index (χ3v) is 5.74. The zero-order chi connectivity index (χ0) is 19.2. The minimum atomic E-state index is 0.621. The Balaban J connectivity index is 1.79. The fourth-order valence-corrected chi connectivity index (χ4v) is 4.31. The van der Waals surface area contributed by atoms with Gasteiger partial charge in [-0.2, -0.15) is 0 Å². The molecular formula is C20H19Cl2N3OS. The normalized spacial score (nSPS) is 10.8. The molecule has 0 amide bonds. The van der Waals surface area contributed by atoms with Gasteiger partial charge in [-0.05, 0) is 35.4 Å². The maximum absolute atomic E-state index is 6.27. The van der Waals surface area contributed by atoms with E-state index in [1.165, 1.54) is 0 Å². The highest BCUT2D eigenvalue weighted by molar-refractivity contribution is 7.98. The van der Waals surface area contributed by atoms with Gasteiger partial charge in [0.25, 0.3) is 0 Å². The lowest BCUT2D eigenvalue weighted by molar-refractivity contribution is 0.414. The van der Waals surface area contributed by atoms with Gasteiger partial charge in [0, 0.05) is 28.8 Å². The highest BCUT2D eigenvalue weighted by atomic mass is 35.5. The van der Waals surface area contributed by atoms with E-state index in [0.29, 0.717) is 28.8 Å². The Hall–Kier alpha value is -1.95. The molecule has 0 fully saturated rings. The number of methoxy groups -OCH3 is 1. The van der Waals surface area contributed by atoms with Crippen LogP contribution in [0.5, 0.6) is 5.75 Å². The van der Waals surface area contributed by atoms with Crippen LogP contribution in [0.25, 0.3) is 0 Å². The predicted molar refractivity (Wildman–Crippen MR) is 112 cm³/mol. The van der Waals surface area contributed by atoms with Crippen LogP contribution in [-0.2, 0) is 18.7 Å². The second-order valence-electron chi connectivity index (χ2n) is 5.81. The van der Waals surface area contributed by atoms with Crippen molar-refractivity contribution in [2.75, 3.05) is 7.11 Å². The molecule has 0 saturated heterocycles. The Morgan fingerprint density at radius 3 is 2.44 bits per heavy atom. The molecule has 1 aromatic heterocycles. The number of benzene rings is 2. The Labute approximate surface area is 173 Å². The van der Waals surface area contributed by atoms with Crippen LogP contribution in [0.4, 0.5) is 0 Å². The lowest BCUT2D eigenvalue weighted by atomic mass is 10.1. The van der Waals surface area contributed by atoms with Crippen LogP contribution >= 0.6 is 35.0 Å². The molecule has 4 nitrogen and oxygen atoms in total. The fourth-order valence-electron chi connectivity index (χ4n) is 2.60. The molecule has 0 radical (unpaired) electrons. The summed E-state index contributed by atoms with van der Waals surface area (Å²) in [6.45, 7) is 4.49. The Kier molecular flexibility index (Phi) is 6.83. The third kappa shape index (κ3) is 4.86. The first-order valence-corrected chi connectivity index (χ1v) is 10.1. The molecule has 0 saturated carbocycles. The summed E-state index contributed by atoms with van der Waals surface area (Å²) in [6.07, 6.45) is 2.52. The fraction of sp³-hybridized carbons (Fsp3) is 0.200. The lowest BCUT2D eigenvalue weighted by Crippen LogP contribution is -2.05. The number of nitrogens with zero attached hydrogens (tertiary/aromatic N) is 3. The molecule has 0 aliphatic heterocycles.